The number of rotatable bonds is 15. The molecule has 10 heteroatoms. The van der Waals surface area contributed by atoms with Crippen LogP contribution in [0.15, 0.2) is 48.7 Å². The molecule has 0 aliphatic carbocycles. The molecule has 0 fully saturated rings. The highest BCUT2D eigenvalue weighted by molar-refractivity contribution is 7.58. The van der Waals surface area contributed by atoms with Crippen LogP contribution in [0.25, 0.3) is 0 Å². The molecule has 8 nitrogen and oxygen atoms in total. The maximum absolute atomic E-state index is 13.7. The van der Waals surface area contributed by atoms with Gasteiger partial charge in [-0.15, -0.1) is 0 Å². The van der Waals surface area contributed by atoms with Crippen molar-refractivity contribution in [2.45, 2.75) is 40.0 Å². The zero-order chi connectivity index (χ0) is 23.5. The molecule has 1 aromatic heterocycles. The van der Waals surface area contributed by atoms with Gasteiger partial charge in [0.1, 0.15) is 12.4 Å². The summed E-state index contributed by atoms with van der Waals surface area (Å²) in [4.78, 5) is 4.23. The van der Waals surface area contributed by atoms with Crippen LogP contribution >= 0.6 is 15.2 Å². The topological polar surface area (TPSA) is 93.2 Å². The van der Waals surface area contributed by atoms with E-state index in [0.717, 1.165) is 5.69 Å². The van der Waals surface area contributed by atoms with Crippen LogP contribution < -0.4 is 4.74 Å². The fraction of sp³-hybridized carbons (Fsp3) is 0.500. The number of nitrogens with zero attached hydrogens (tertiary/aromatic N) is 1. The molecule has 0 bridgehead atoms. The van der Waals surface area contributed by atoms with Gasteiger partial charge in [-0.1, -0.05) is 18.2 Å². The molecule has 178 valence electrons. The van der Waals surface area contributed by atoms with E-state index in [-0.39, 0.29) is 32.6 Å². The standard InChI is InChI=1S/C22H33NO7P2/c1-5-27-31(24,28-6-2)18-22(32(25,29-7-3)30-8-4)19-12-14-21(15-13-19)26-17-20-11-9-10-16-23-20/h9-16,22H,5-8,17-18H2,1-4H3. The molecule has 0 aliphatic rings. The lowest BCUT2D eigenvalue weighted by atomic mass is 10.1. The molecular weight excluding hydrogens is 452 g/mol. The molecule has 0 saturated carbocycles. The van der Waals surface area contributed by atoms with E-state index in [2.05, 4.69) is 4.98 Å². The maximum atomic E-state index is 13.7. The lowest BCUT2D eigenvalue weighted by Crippen LogP contribution is -2.13. The molecule has 32 heavy (non-hydrogen) atoms. The lowest BCUT2D eigenvalue weighted by molar-refractivity contribution is 0.203. The first-order valence-electron chi connectivity index (χ1n) is 10.8. The average Bonchev–Trinajstić information content (AvgIpc) is 2.78. The summed E-state index contributed by atoms with van der Waals surface area (Å²) < 4.78 is 54.8. The number of benzene rings is 1. The van der Waals surface area contributed by atoms with Crippen molar-refractivity contribution in [2.24, 2.45) is 0 Å². The lowest BCUT2D eigenvalue weighted by Gasteiger charge is -2.29. The highest BCUT2D eigenvalue weighted by atomic mass is 31.2. The molecule has 0 saturated heterocycles. The molecule has 1 unspecified atom stereocenters. The molecule has 2 aromatic rings. The Morgan fingerprint density at radius 1 is 0.812 bits per heavy atom. The monoisotopic (exact) mass is 485 g/mol. The first-order chi connectivity index (χ1) is 15.4. The molecular formula is C22H33NO7P2. The van der Waals surface area contributed by atoms with Gasteiger partial charge in [0.05, 0.1) is 43.9 Å². The smallest absolute Gasteiger partial charge is 0.338 e. The summed E-state index contributed by atoms with van der Waals surface area (Å²) in [7, 11) is -7.18. The van der Waals surface area contributed by atoms with Crippen molar-refractivity contribution in [1.29, 1.82) is 0 Å². The van der Waals surface area contributed by atoms with Gasteiger partial charge in [0.25, 0.3) is 0 Å². The summed E-state index contributed by atoms with van der Waals surface area (Å²) in [6.45, 7) is 8.06. The van der Waals surface area contributed by atoms with Crippen LogP contribution in [0.2, 0.25) is 0 Å². The van der Waals surface area contributed by atoms with Gasteiger partial charge in [-0.05, 0) is 57.5 Å². The van der Waals surface area contributed by atoms with E-state index in [0.29, 0.717) is 17.9 Å². The molecule has 0 spiro atoms. The molecule has 2 rings (SSSR count). The Morgan fingerprint density at radius 3 is 1.91 bits per heavy atom. The molecule has 0 radical (unpaired) electrons. The van der Waals surface area contributed by atoms with Crippen LogP contribution in [0.5, 0.6) is 5.75 Å². The van der Waals surface area contributed by atoms with Crippen molar-refractivity contribution in [2.75, 3.05) is 32.6 Å². The Labute approximate surface area is 190 Å². The predicted octanol–water partition coefficient (Wildman–Crippen LogP) is 6.23. The Morgan fingerprint density at radius 2 is 1.41 bits per heavy atom. The van der Waals surface area contributed by atoms with E-state index in [1.807, 2.05) is 18.2 Å². The largest absolute Gasteiger partial charge is 0.487 e. The highest BCUT2D eigenvalue weighted by Crippen LogP contribution is 2.66. The summed E-state index contributed by atoms with van der Waals surface area (Å²) >= 11 is 0. The first kappa shape index (κ1) is 26.7. The molecule has 1 heterocycles. The van der Waals surface area contributed by atoms with Crippen LogP contribution in [0.3, 0.4) is 0 Å². The van der Waals surface area contributed by atoms with E-state index < -0.39 is 20.9 Å². The number of aromatic nitrogens is 1. The second-order valence-electron chi connectivity index (χ2n) is 6.70. The van der Waals surface area contributed by atoms with Crippen molar-refractivity contribution in [3.8, 4) is 5.75 Å². The quantitative estimate of drug-likeness (QED) is 0.274. The third-order valence-electron chi connectivity index (χ3n) is 4.43. The molecule has 1 atom stereocenters. The second-order valence-corrected chi connectivity index (χ2v) is 11.0. The summed E-state index contributed by atoms with van der Waals surface area (Å²) in [6, 6.07) is 12.7. The fourth-order valence-corrected chi connectivity index (χ4v) is 7.94. The molecule has 0 amide bonds. The summed E-state index contributed by atoms with van der Waals surface area (Å²) in [5.74, 6) is 0.624. The summed E-state index contributed by atoms with van der Waals surface area (Å²) in [6.07, 6.45) is 1.58. The van der Waals surface area contributed by atoms with Gasteiger partial charge < -0.3 is 22.8 Å². The van der Waals surface area contributed by atoms with Gasteiger partial charge in [0, 0.05) is 6.20 Å². The number of hydrogen-bond acceptors (Lipinski definition) is 8. The van der Waals surface area contributed by atoms with Gasteiger partial charge in [-0.2, -0.15) is 0 Å². The van der Waals surface area contributed by atoms with Crippen molar-refractivity contribution in [1.82, 2.24) is 4.98 Å². The summed E-state index contributed by atoms with van der Waals surface area (Å²) in [5, 5.41) is 0. The van der Waals surface area contributed by atoms with Gasteiger partial charge in [-0.3, -0.25) is 14.1 Å². The summed E-state index contributed by atoms with van der Waals surface area (Å²) in [5.41, 5.74) is 0.622. The zero-order valence-corrected chi connectivity index (χ0v) is 20.9. The Bertz CT molecular complexity index is 873. The van der Waals surface area contributed by atoms with Gasteiger partial charge in [0.2, 0.25) is 0 Å². The van der Waals surface area contributed by atoms with E-state index in [1.54, 1.807) is 58.2 Å². The zero-order valence-electron chi connectivity index (χ0n) is 19.1. The second kappa shape index (κ2) is 13.2. The normalized spacial score (nSPS) is 13.1. The number of pyridine rings is 1. The minimum atomic E-state index is -3.66. The van der Waals surface area contributed by atoms with E-state index >= 15 is 0 Å². The first-order valence-corrected chi connectivity index (χ1v) is 14.1. The Kier molecular flexibility index (Phi) is 11.1. The molecule has 0 aliphatic heterocycles. The third-order valence-corrected chi connectivity index (χ3v) is 9.31. The fourth-order valence-electron chi connectivity index (χ4n) is 3.14. The van der Waals surface area contributed by atoms with Crippen molar-refractivity contribution in [3.63, 3.8) is 0 Å². The van der Waals surface area contributed by atoms with E-state index in [9.17, 15) is 9.13 Å². The van der Waals surface area contributed by atoms with Gasteiger partial charge in [0.15, 0.2) is 0 Å². The van der Waals surface area contributed by atoms with Crippen molar-refractivity contribution < 1.29 is 32.0 Å². The SMILES string of the molecule is CCOP(=O)(CC(c1ccc(OCc2ccccn2)cc1)P(=O)(OCC)OCC)OCC. The van der Waals surface area contributed by atoms with Crippen LogP contribution in [0, 0.1) is 0 Å². The Balaban J connectivity index is 2.31. The molecule has 1 aromatic carbocycles. The van der Waals surface area contributed by atoms with Crippen molar-refractivity contribution >= 4 is 15.2 Å². The van der Waals surface area contributed by atoms with Crippen LogP contribution in [-0.2, 0) is 33.8 Å². The van der Waals surface area contributed by atoms with Gasteiger partial charge >= 0.3 is 15.2 Å². The minimum absolute atomic E-state index is 0.125. The third kappa shape index (κ3) is 7.80. The number of ether oxygens (including phenoxy) is 1. The Hall–Kier alpha value is -1.53. The maximum Gasteiger partial charge on any atom is 0.338 e. The predicted molar refractivity (Wildman–Crippen MR) is 124 cm³/mol. The van der Waals surface area contributed by atoms with E-state index in [1.165, 1.54) is 0 Å². The van der Waals surface area contributed by atoms with Crippen LogP contribution in [-0.4, -0.2) is 37.6 Å². The molecule has 0 N–H and O–H groups in total. The van der Waals surface area contributed by atoms with Gasteiger partial charge in [-0.25, -0.2) is 0 Å². The van der Waals surface area contributed by atoms with Crippen LogP contribution in [0.1, 0.15) is 44.6 Å². The van der Waals surface area contributed by atoms with E-state index in [4.69, 9.17) is 22.8 Å². The average molecular weight is 485 g/mol. The highest BCUT2D eigenvalue weighted by Gasteiger charge is 2.43. The number of hydrogen-bond donors (Lipinski definition) is 0. The minimum Gasteiger partial charge on any atom is -0.487 e. The van der Waals surface area contributed by atoms with Crippen LogP contribution in [0.4, 0.5) is 0 Å². The van der Waals surface area contributed by atoms with Crippen molar-refractivity contribution in [3.05, 3.63) is 59.9 Å².